The van der Waals surface area contributed by atoms with Crippen LogP contribution in [0.25, 0.3) is 0 Å². The van der Waals surface area contributed by atoms with E-state index in [1.165, 1.54) is 0 Å². The fourth-order valence-corrected chi connectivity index (χ4v) is 3.20. The molecule has 4 nitrogen and oxygen atoms in total. The predicted octanol–water partition coefficient (Wildman–Crippen LogP) is 4.43. The normalized spacial score (nSPS) is 16.0. The Morgan fingerprint density at radius 3 is 2.31 bits per heavy atom. The summed E-state index contributed by atoms with van der Waals surface area (Å²) < 4.78 is 11.7. The maximum atomic E-state index is 13.3. The molecule has 3 aromatic carbocycles. The van der Waals surface area contributed by atoms with Crippen molar-refractivity contribution in [2.45, 2.75) is 12.8 Å². The van der Waals surface area contributed by atoms with Crippen LogP contribution >= 0.6 is 0 Å². The van der Waals surface area contributed by atoms with E-state index in [0.29, 0.717) is 23.6 Å². The minimum absolute atomic E-state index is 0.0668. The van der Waals surface area contributed by atoms with Crippen molar-refractivity contribution < 1.29 is 14.3 Å². The van der Waals surface area contributed by atoms with Crippen LogP contribution in [0.4, 0.5) is 0 Å². The van der Waals surface area contributed by atoms with Crippen LogP contribution in [-0.4, -0.2) is 17.9 Å². The number of carbonyl (C=O) groups excluding carboxylic acids is 1. The highest BCUT2D eigenvalue weighted by Crippen LogP contribution is 2.41. The first-order valence-corrected chi connectivity index (χ1v) is 8.51. The van der Waals surface area contributed by atoms with Gasteiger partial charge in [-0.25, -0.2) is 0 Å². The van der Waals surface area contributed by atoms with Crippen molar-refractivity contribution in [3.63, 3.8) is 0 Å². The number of ether oxygens (including phenoxy) is 2. The number of carbonyl (C=O) groups is 1. The quantitative estimate of drug-likeness (QED) is 0.702. The number of benzene rings is 3. The molecule has 1 heterocycles. The second kappa shape index (κ2) is 6.92. The van der Waals surface area contributed by atoms with Gasteiger partial charge >= 0.3 is 0 Å². The van der Waals surface area contributed by atoms with Crippen molar-refractivity contribution >= 4 is 5.91 Å². The van der Waals surface area contributed by atoms with Crippen LogP contribution in [0.1, 0.15) is 27.7 Å². The van der Waals surface area contributed by atoms with E-state index in [-0.39, 0.29) is 5.91 Å². The highest BCUT2D eigenvalue weighted by atomic mass is 16.5. The van der Waals surface area contributed by atoms with Crippen molar-refractivity contribution in [3.8, 4) is 11.5 Å². The standard InChI is InChI=1S/C22H19NO3/c1-25-19-14-8-13-18-20(19)26-22(17-11-6-3-7-12-17)23(21(18)24)15-16-9-4-2-5-10-16/h2-14,22H,15H2,1H3. The maximum Gasteiger partial charge on any atom is 0.261 e. The number of fused-ring (bicyclic) bond motifs is 1. The van der Waals surface area contributed by atoms with Crippen LogP contribution < -0.4 is 9.47 Å². The van der Waals surface area contributed by atoms with E-state index in [1.54, 1.807) is 24.1 Å². The lowest BCUT2D eigenvalue weighted by atomic mass is 10.1. The summed E-state index contributed by atoms with van der Waals surface area (Å²) in [7, 11) is 1.58. The van der Waals surface area contributed by atoms with E-state index in [2.05, 4.69) is 0 Å². The zero-order chi connectivity index (χ0) is 17.9. The molecule has 4 rings (SSSR count). The van der Waals surface area contributed by atoms with Crippen molar-refractivity contribution in [2.75, 3.05) is 7.11 Å². The van der Waals surface area contributed by atoms with E-state index in [1.807, 2.05) is 66.7 Å². The van der Waals surface area contributed by atoms with Gasteiger partial charge in [-0.2, -0.15) is 0 Å². The van der Waals surface area contributed by atoms with Crippen molar-refractivity contribution in [2.24, 2.45) is 0 Å². The molecule has 1 unspecified atom stereocenters. The topological polar surface area (TPSA) is 38.8 Å². The minimum Gasteiger partial charge on any atom is -0.493 e. The van der Waals surface area contributed by atoms with Gasteiger partial charge in [0.1, 0.15) is 0 Å². The van der Waals surface area contributed by atoms with E-state index in [9.17, 15) is 4.79 Å². The molecular formula is C22H19NO3. The third-order valence-electron chi connectivity index (χ3n) is 4.48. The molecule has 1 atom stereocenters. The average molecular weight is 345 g/mol. The van der Waals surface area contributed by atoms with Gasteiger partial charge < -0.3 is 9.47 Å². The summed E-state index contributed by atoms with van der Waals surface area (Å²) in [4.78, 5) is 15.0. The first-order chi connectivity index (χ1) is 12.8. The van der Waals surface area contributed by atoms with Crippen molar-refractivity contribution in [3.05, 3.63) is 95.6 Å². The Balaban J connectivity index is 1.79. The fraction of sp³-hybridized carbons (Fsp3) is 0.136. The van der Waals surface area contributed by atoms with Gasteiger partial charge in [-0.1, -0.05) is 66.7 Å². The summed E-state index contributed by atoms with van der Waals surface area (Å²) in [6, 6.07) is 25.1. The first-order valence-electron chi connectivity index (χ1n) is 8.51. The third-order valence-corrected chi connectivity index (χ3v) is 4.48. The molecule has 4 heteroatoms. The lowest BCUT2D eigenvalue weighted by Gasteiger charge is -2.37. The highest BCUT2D eigenvalue weighted by Gasteiger charge is 2.36. The molecule has 1 aliphatic heterocycles. The van der Waals surface area contributed by atoms with Gasteiger partial charge in [-0.05, 0) is 17.7 Å². The molecule has 3 aromatic rings. The summed E-state index contributed by atoms with van der Waals surface area (Å²) in [6.07, 6.45) is -0.507. The molecular weight excluding hydrogens is 326 g/mol. The Labute approximate surface area is 152 Å². The van der Waals surface area contributed by atoms with Crippen LogP contribution in [-0.2, 0) is 6.54 Å². The SMILES string of the molecule is COc1cccc2c1OC(c1ccccc1)N(Cc1ccccc1)C2=O. The number of para-hydroxylation sites is 1. The summed E-state index contributed by atoms with van der Waals surface area (Å²) >= 11 is 0. The number of rotatable bonds is 4. The Kier molecular flexibility index (Phi) is 4.32. The second-order valence-electron chi connectivity index (χ2n) is 6.14. The lowest BCUT2D eigenvalue weighted by Crippen LogP contribution is -2.41. The van der Waals surface area contributed by atoms with Gasteiger partial charge in [0.25, 0.3) is 5.91 Å². The maximum absolute atomic E-state index is 13.3. The molecule has 1 aliphatic rings. The van der Waals surface area contributed by atoms with Gasteiger partial charge in [0.2, 0.25) is 6.23 Å². The molecule has 130 valence electrons. The molecule has 0 saturated carbocycles. The van der Waals surface area contributed by atoms with Crippen LogP contribution in [0.15, 0.2) is 78.9 Å². The largest absolute Gasteiger partial charge is 0.493 e. The van der Waals surface area contributed by atoms with Crippen LogP contribution in [0.5, 0.6) is 11.5 Å². The smallest absolute Gasteiger partial charge is 0.261 e. The van der Waals surface area contributed by atoms with Crippen molar-refractivity contribution in [1.29, 1.82) is 0 Å². The van der Waals surface area contributed by atoms with Gasteiger partial charge in [0, 0.05) is 12.1 Å². The lowest BCUT2D eigenvalue weighted by molar-refractivity contribution is 0.00332. The molecule has 0 radical (unpaired) electrons. The predicted molar refractivity (Wildman–Crippen MR) is 99.1 cm³/mol. The molecule has 0 bridgehead atoms. The molecule has 0 N–H and O–H groups in total. The zero-order valence-corrected chi connectivity index (χ0v) is 14.5. The van der Waals surface area contributed by atoms with Gasteiger partial charge in [-0.3, -0.25) is 9.69 Å². The summed E-state index contributed by atoms with van der Waals surface area (Å²) in [6.45, 7) is 0.468. The molecule has 26 heavy (non-hydrogen) atoms. The average Bonchev–Trinajstić information content (AvgIpc) is 2.71. The summed E-state index contributed by atoms with van der Waals surface area (Å²) in [5.74, 6) is 0.997. The van der Waals surface area contributed by atoms with Crippen LogP contribution in [0.2, 0.25) is 0 Å². The molecule has 0 aromatic heterocycles. The Morgan fingerprint density at radius 2 is 1.62 bits per heavy atom. The fourth-order valence-electron chi connectivity index (χ4n) is 3.20. The van der Waals surface area contributed by atoms with E-state index in [0.717, 1.165) is 11.1 Å². The van der Waals surface area contributed by atoms with Crippen LogP contribution in [0.3, 0.4) is 0 Å². The number of nitrogens with zero attached hydrogens (tertiary/aromatic N) is 1. The number of hydrogen-bond donors (Lipinski definition) is 0. The molecule has 0 aliphatic carbocycles. The Bertz CT molecular complexity index is 909. The first kappa shape index (κ1) is 16.2. The number of amides is 1. The highest BCUT2D eigenvalue weighted by molar-refractivity contribution is 5.99. The molecule has 0 saturated heterocycles. The monoisotopic (exact) mass is 345 g/mol. The molecule has 0 spiro atoms. The van der Waals surface area contributed by atoms with Gasteiger partial charge in [0.15, 0.2) is 11.5 Å². The number of methoxy groups -OCH3 is 1. The summed E-state index contributed by atoms with van der Waals surface area (Å²) in [5, 5.41) is 0. The van der Waals surface area contributed by atoms with Crippen LogP contribution in [0, 0.1) is 0 Å². The Hall–Kier alpha value is -3.27. The van der Waals surface area contributed by atoms with E-state index in [4.69, 9.17) is 9.47 Å². The van der Waals surface area contributed by atoms with Gasteiger partial charge in [-0.15, -0.1) is 0 Å². The summed E-state index contributed by atoms with van der Waals surface area (Å²) in [5.41, 5.74) is 2.50. The van der Waals surface area contributed by atoms with E-state index < -0.39 is 6.23 Å². The molecule has 0 fully saturated rings. The molecule has 1 amide bonds. The van der Waals surface area contributed by atoms with E-state index >= 15 is 0 Å². The van der Waals surface area contributed by atoms with Crippen molar-refractivity contribution in [1.82, 2.24) is 4.90 Å². The number of hydrogen-bond acceptors (Lipinski definition) is 3. The zero-order valence-electron chi connectivity index (χ0n) is 14.5. The third kappa shape index (κ3) is 2.90. The minimum atomic E-state index is -0.507. The second-order valence-corrected chi connectivity index (χ2v) is 6.14. The van der Waals surface area contributed by atoms with Gasteiger partial charge in [0.05, 0.1) is 12.7 Å². The Morgan fingerprint density at radius 1 is 0.923 bits per heavy atom.